The minimum Gasteiger partial charge on any atom is -0.478 e. The summed E-state index contributed by atoms with van der Waals surface area (Å²) in [5.74, 6) is 0.557. The maximum absolute atomic E-state index is 13.3. The van der Waals surface area contributed by atoms with Crippen molar-refractivity contribution in [2.75, 3.05) is 0 Å². The first-order valence-electron chi connectivity index (χ1n) is 8.81. The number of Topliss-reactive ketones (excluding diaryl/α,β-unsaturated/α-hetero) is 1. The van der Waals surface area contributed by atoms with Crippen LogP contribution in [0.2, 0.25) is 5.02 Å². The molecule has 0 bridgehead atoms. The van der Waals surface area contributed by atoms with E-state index in [4.69, 9.17) is 20.9 Å². The van der Waals surface area contributed by atoms with Crippen molar-refractivity contribution >= 4 is 39.8 Å². The first-order chi connectivity index (χ1) is 12.9. The van der Waals surface area contributed by atoms with Crippen LogP contribution in [0.5, 0.6) is 0 Å². The van der Waals surface area contributed by atoms with Gasteiger partial charge in [0.2, 0.25) is 5.78 Å². The molecule has 2 aromatic carbocycles. The van der Waals surface area contributed by atoms with Crippen molar-refractivity contribution in [2.45, 2.75) is 38.0 Å². The second-order valence-corrected chi connectivity index (χ2v) is 7.88. The zero-order chi connectivity index (χ0) is 19.6. The molecule has 2 aromatic rings. The fraction of sp³-hybridized carbons (Fsp3) is 0.286. The van der Waals surface area contributed by atoms with Crippen LogP contribution in [-0.4, -0.2) is 20.1 Å². The predicted molar refractivity (Wildman–Crippen MR) is 109 cm³/mol. The van der Waals surface area contributed by atoms with Crippen LogP contribution in [-0.2, 0) is 26.4 Å². The van der Waals surface area contributed by atoms with Gasteiger partial charge in [-0.3, -0.25) is 4.79 Å². The van der Waals surface area contributed by atoms with Crippen molar-refractivity contribution < 1.29 is 18.3 Å². The third-order valence-electron chi connectivity index (χ3n) is 4.93. The molecule has 3 rings (SSSR count). The van der Waals surface area contributed by atoms with E-state index in [0.29, 0.717) is 29.2 Å². The number of benzene rings is 2. The zero-order valence-electron chi connectivity index (χ0n) is 15.2. The Morgan fingerprint density at radius 2 is 1.74 bits per heavy atom. The fourth-order valence-corrected chi connectivity index (χ4v) is 4.01. The van der Waals surface area contributed by atoms with Crippen molar-refractivity contribution in [1.82, 2.24) is 0 Å². The van der Waals surface area contributed by atoms with E-state index in [0.717, 1.165) is 16.7 Å². The van der Waals surface area contributed by atoms with Gasteiger partial charge in [0.05, 0.1) is 11.3 Å². The average molecular weight is 405 g/mol. The molecule has 0 aromatic heterocycles. The smallest absolute Gasteiger partial charge is 0.210 e. The van der Waals surface area contributed by atoms with Gasteiger partial charge in [-0.05, 0) is 36.1 Å². The molecule has 0 aliphatic carbocycles. The molecule has 0 saturated carbocycles. The number of hydrogen-bond donors (Lipinski definition) is 1. The van der Waals surface area contributed by atoms with Crippen LogP contribution >= 0.6 is 11.6 Å². The molecule has 0 amide bonds. The molecule has 1 aliphatic rings. The van der Waals surface area contributed by atoms with E-state index in [9.17, 15) is 9.00 Å². The lowest BCUT2D eigenvalue weighted by molar-refractivity contribution is -0.128. The number of hydrogen-bond acceptors (Lipinski definition) is 3. The summed E-state index contributed by atoms with van der Waals surface area (Å²) in [4.78, 5) is 13.3. The minimum atomic E-state index is -1.90. The lowest BCUT2D eigenvalue weighted by Gasteiger charge is -2.25. The van der Waals surface area contributed by atoms with Gasteiger partial charge in [0, 0.05) is 10.6 Å². The second-order valence-electron chi connectivity index (χ2n) is 6.51. The Labute approximate surface area is 166 Å². The Balaban J connectivity index is 2.12. The van der Waals surface area contributed by atoms with Gasteiger partial charge in [0.15, 0.2) is 16.7 Å². The molecule has 1 heterocycles. The van der Waals surface area contributed by atoms with Crippen molar-refractivity contribution in [3.63, 3.8) is 0 Å². The fourth-order valence-electron chi connectivity index (χ4n) is 3.34. The normalized spacial score (nSPS) is 17.1. The van der Waals surface area contributed by atoms with Crippen LogP contribution in [0.25, 0.3) is 11.3 Å². The summed E-state index contributed by atoms with van der Waals surface area (Å²) in [6.07, 6.45) is 1.13. The summed E-state index contributed by atoms with van der Waals surface area (Å²) >= 11 is 4.25. The van der Waals surface area contributed by atoms with Crippen LogP contribution in [0.4, 0.5) is 0 Å². The van der Waals surface area contributed by atoms with Gasteiger partial charge in [-0.2, -0.15) is 0 Å². The van der Waals surface area contributed by atoms with Gasteiger partial charge >= 0.3 is 0 Å². The lowest BCUT2D eigenvalue weighted by atomic mass is 9.86. The topological polar surface area (TPSA) is 63.6 Å². The summed E-state index contributed by atoms with van der Waals surface area (Å²) in [5.41, 5.74) is 1.88. The van der Waals surface area contributed by atoms with E-state index in [1.165, 1.54) is 0 Å². The second kappa shape index (κ2) is 7.97. The zero-order valence-corrected chi connectivity index (χ0v) is 16.8. The summed E-state index contributed by atoms with van der Waals surface area (Å²) < 4.78 is 26.3. The highest BCUT2D eigenvalue weighted by molar-refractivity contribution is 7.78. The molecule has 0 radical (unpaired) electrons. The molecule has 4 nitrogen and oxygen atoms in total. The number of halogens is 1. The SMILES string of the molecule is CCC1(CC)OC(c2ccc(CS(=O)O)cc2)=C(c2cccc(Cl)c2)C1=O. The largest absolute Gasteiger partial charge is 0.478 e. The summed E-state index contributed by atoms with van der Waals surface area (Å²) in [6.45, 7) is 3.89. The van der Waals surface area contributed by atoms with Crippen LogP contribution in [0.1, 0.15) is 43.4 Å². The molecule has 0 fully saturated rings. The van der Waals surface area contributed by atoms with Gasteiger partial charge in [-0.25, -0.2) is 4.21 Å². The Morgan fingerprint density at radius 1 is 1.07 bits per heavy atom. The minimum absolute atomic E-state index is 0.0368. The van der Waals surface area contributed by atoms with E-state index >= 15 is 0 Å². The molecular weight excluding hydrogens is 384 g/mol. The standard InChI is InChI=1S/C21H21ClO4S/c1-3-21(4-2)20(23)18(16-6-5-7-17(22)12-16)19(26-21)15-10-8-14(9-11-15)13-27(24)25/h5-12H,3-4,13H2,1-2H3,(H,24,25). The van der Waals surface area contributed by atoms with E-state index in [1.807, 2.05) is 38.1 Å². The van der Waals surface area contributed by atoms with Gasteiger partial charge in [-0.1, -0.05) is 61.8 Å². The van der Waals surface area contributed by atoms with Gasteiger partial charge in [-0.15, -0.1) is 0 Å². The van der Waals surface area contributed by atoms with Crippen molar-refractivity contribution in [3.8, 4) is 0 Å². The van der Waals surface area contributed by atoms with Crippen LogP contribution < -0.4 is 0 Å². The monoisotopic (exact) mass is 404 g/mol. The third kappa shape index (κ3) is 3.86. The van der Waals surface area contributed by atoms with Crippen molar-refractivity contribution in [2.24, 2.45) is 0 Å². The Kier molecular flexibility index (Phi) is 5.84. The quantitative estimate of drug-likeness (QED) is 0.681. The van der Waals surface area contributed by atoms with E-state index in [2.05, 4.69) is 0 Å². The maximum Gasteiger partial charge on any atom is 0.210 e. The first-order valence-corrected chi connectivity index (χ1v) is 10.5. The molecule has 1 N–H and O–H groups in total. The van der Waals surface area contributed by atoms with E-state index < -0.39 is 16.7 Å². The summed E-state index contributed by atoms with van der Waals surface area (Å²) in [7, 11) is 0. The molecule has 6 heteroatoms. The number of carbonyl (C=O) groups is 1. The van der Waals surface area contributed by atoms with Gasteiger partial charge in [0.25, 0.3) is 0 Å². The third-order valence-corrected chi connectivity index (χ3v) is 5.74. The maximum atomic E-state index is 13.3. The van der Waals surface area contributed by atoms with Crippen LogP contribution in [0.3, 0.4) is 0 Å². The first kappa shape index (κ1) is 19.8. The summed E-state index contributed by atoms with van der Waals surface area (Å²) in [6, 6.07) is 14.4. The Morgan fingerprint density at radius 3 is 2.30 bits per heavy atom. The Bertz CT molecular complexity index is 914. The van der Waals surface area contributed by atoms with Crippen molar-refractivity contribution in [3.05, 3.63) is 70.2 Å². The van der Waals surface area contributed by atoms with E-state index in [-0.39, 0.29) is 11.5 Å². The van der Waals surface area contributed by atoms with Gasteiger partial charge < -0.3 is 9.29 Å². The molecule has 0 spiro atoms. The van der Waals surface area contributed by atoms with Gasteiger partial charge in [0.1, 0.15) is 5.76 Å². The molecular formula is C21H21ClO4S. The molecule has 142 valence electrons. The molecule has 1 aliphatic heterocycles. The van der Waals surface area contributed by atoms with E-state index in [1.54, 1.807) is 24.3 Å². The number of ether oxygens (including phenoxy) is 1. The number of carbonyl (C=O) groups excluding carboxylic acids is 1. The highest BCUT2D eigenvalue weighted by Gasteiger charge is 2.47. The Hall–Kier alpha value is -1.95. The molecule has 1 atom stereocenters. The van der Waals surface area contributed by atoms with Crippen molar-refractivity contribution in [1.29, 1.82) is 0 Å². The van der Waals surface area contributed by atoms with Crippen LogP contribution in [0, 0.1) is 0 Å². The number of rotatable bonds is 6. The average Bonchev–Trinajstić information content (AvgIpc) is 2.95. The number of ketones is 1. The molecule has 1 unspecified atom stereocenters. The van der Waals surface area contributed by atoms with Crippen LogP contribution in [0.15, 0.2) is 48.5 Å². The lowest BCUT2D eigenvalue weighted by Crippen LogP contribution is -2.35. The predicted octanol–water partition coefficient (Wildman–Crippen LogP) is 5.09. The molecule has 27 heavy (non-hydrogen) atoms. The highest BCUT2D eigenvalue weighted by atomic mass is 35.5. The highest BCUT2D eigenvalue weighted by Crippen LogP contribution is 2.44. The molecule has 0 saturated heterocycles. The summed E-state index contributed by atoms with van der Waals surface area (Å²) in [5, 5.41) is 0.554.